The van der Waals surface area contributed by atoms with Gasteiger partial charge in [-0.2, -0.15) is 0 Å². The van der Waals surface area contributed by atoms with E-state index in [0.29, 0.717) is 0 Å². The van der Waals surface area contributed by atoms with E-state index in [1.807, 2.05) is 12.1 Å². The molecule has 3 nitrogen and oxygen atoms in total. The Morgan fingerprint density at radius 3 is 2.62 bits per heavy atom. The molecule has 16 heavy (non-hydrogen) atoms. The topological polar surface area (TPSA) is 45.1 Å². The van der Waals surface area contributed by atoms with Gasteiger partial charge >= 0.3 is 0 Å². The highest BCUT2D eigenvalue weighted by atomic mass is 79.9. The number of aliphatic hydroxyl groups is 1. The van der Waals surface area contributed by atoms with Crippen LogP contribution < -0.4 is 5.32 Å². The molecular weight excluding hydrogens is 268 g/mol. The highest BCUT2D eigenvalue weighted by Gasteiger charge is 2.25. The molecule has 0 unspecified atom stereocenters. The van der Waals surface area contributed by atoms with E-state index < -0.39 is 0 Å². The van der Waals surface area contributed by atoms with Gasteiger partial charge in [-0.3, -0.25) is 0 Å². The summed E-state index contributed by atoms with van der Waals surface area (Å²) >= 11 is 3.39. The third-order valence-corrected chi connectivity index (χ3v) is 3.88. The Balaban J connectivity index is 2.66. The van der Waals surface area contributed by atoms with Gasteiger partial charge in [0.2, 0.25) is 0 Å². The van der Waals surface area contributed by atoms with Gasteiger partial charge in [-0.05, 0) is 40.9 Å². The van der Waals surface area contributed by atoms with E-state index in [2.05, 4.69) is 40.1 Å². The lowest BCUT2D eigenvalue weighted by Gasteiger charge is -2.30. The minimum Gasteiger partial charge on any atom is -0.396 e. The number of aliphatic hydroxyl groups excluding tert-OH is 1. The summed E-state index contributed by atoms with van der Waals surface area (Å²) in [5, 5.41) is 12.8. The highest BCUT2D eigenvalue weighted by molar-refractivity contribution is 9.10. The summed E-state index contributed by atoms with van der Waals surface area (Å²) in [5.41, 5.74) is 0.942. The zero-order valence-electron chi connectivity index (χ0n) is 9.83. The SMILES string of the molecule is CCC(CC)(CO)CNc1cccnc1Br. The first-order chi connectivity index (χ1) is 7.67. The Morgan fingerprint density at radius 2 is 2.12 bits per heavy atom. The number of halogens is 1. The summed E-state index contributed by atoms with van der Waals surface area (Å²) in [6.45, 7) is 5.20. The van der Waals surface area contributed by atoms with E-state index in [0.717, 1.165) is 29.7 Å². The summed E-state index contributed by atoms with van der Waals surface area (Å²) < 4.78 is 0.814. The van der Waals surface area contributed by atoms with Crippen LogP contribution in [-0.4, -0.2) is 23.2 Å². The van der Waals surface area contributed by atoms with Gasteiger partial charge in [-0.1, -0.05) is 13.8 Å². The Labute approximate surface area is 105 Å². The minimum absolute atomic E-state index is 0.0325. The molecule has 0 aliphatic carbocycles. The zero-order valence-corrected chi connectivity index (χ0v) is 11.4. The van der Waals surface area contributed by atoms with Gasteiger partial charge in [0, 0.05) is 18.2 Å². The number of anilines is 1. The Kier molecular flexibility index (Phi) is 5.22. The molecule has 90 valence electrons. The summed E-state index contributed by atoms with van der Waals surface area (Å²) in [6, 6.07) is 3.87. The average molecular weight is 287 g/mol. The van der Waals surface area contributed by atoms with E-state index in [-0.39, 0.29) is 12.0 Å². The van der Waals surface area contributed by atoms with Crippen molar-refractivity contribution in [3.63, 3.8) is 0 Å². The molecule has 0 spiro atoms. The lowest BCUT2D eigenvalue weighted by atomic mass is 9.83. The molecule has 0 fully saturated rings. The van der Waals surface area contributed by atoms with Crippen molar-refractivity contribution in [3.8, 4) is 0 Å². The molecule has 1 aromatic rings. The fourth-order valence-corrected chi connectivity index (χ4v) is 1.97. The van der Waals surface area contributed by atoms with E-state index >= 15 is 0 Å². The molecule has 1 heterocycles. The van der Waals surface area contributed by atoms with Gasteiger partial charge in [0.1, 0.15) is 4.60 Å². The zero-order chi connectivity index (χ0) is 12.0. The third-order valence-electron chi connectivity index (χ3n) is 3.25. The van der Waals surface area contributed by atoms with Crippen LogP contribution in [0.5, 0.6) is 0 Å². The minimum atomic E-state index is -0.0325. The molecule has 0 bridgehead atoms. The summed E-state index contributed by atoms with van der Waals surface area (Å²) in [5.74, 6) is 0. The second-order valence-electron chi connectivity index (χ2n) is 4.06. The van der Waals surface area contributed by atoms with E-state index in [9.17, 15) is 5.11 Å². The number of hydrogen-bond donors (Lipinski definition) is 2. The Hall–Kier alpha value is -0.610. The fourth-order valence-electron chi connectivity index (χ4n) is 1.58. The fraction of sp³-hybridized carbons (Fsp3) is 0.583. The predicted molar refractivity (Wildman–Crippen MR) is 70.5 cm³/mol. The van der Waals surface area contributed by atoms with Crippen LogP contribution in [0.4, 0.5) is 5.69 Å². The molecular formula is C12H19BrN2O. The average Bonchev–Trinajstić information content (AvgIpc) is 2.34. The molecule has 0 aliphatic heterocycles. The normalized spacial score (nSPS) is 11.5. The Morgan fingerprint density at radius 1 is 1.44 bits per heavy atom. The monoisotopic (exact) mass is 286 g/mol. The van der Waals surface area contributed by atoms with Gasteiger partial charge in [0.05, 0.1) is 12.3 Å². The summed E-state index contributed by atoms with van der Waals surface area (Å²) in [7, 11) is 0. The summed E-state index contributed by atoms with van der Waals surface area (Å²) in [6.07, 6.45) is 3.67. The predicted octanol–water partition coefficient (Wildman–Crippen LogP) is 3.05. The van der Waals surface area contributed by atoms with Crippen LogP contribution in [0.3, 0.4) is 0 Å². The van der Waals surface area contributed by atoms with Gasteiger partial charge in [-0.15, -0.1) is 0 Å². The summed E-state index contributed by atoms with van der Waals surface area (Å²) in [4.78, 5) is 4.15. The number of nitrogens with one attached hydrogen (secondary N) is 1. The van der Waals surface area contributed by atoms with Crippen LogP contribution in [-0.2, 0) is 0 Å². The molecule has 0 aromatic carbocycles. The van der Waals surface area contributed by atoms with Crippen LogP contribution in [0, 0.1) is 5.41 Å². The van der Waals surface area contributed by atoms with Crippen LogP contribution in [0.25, 0.3) is 0 Å². The van der Waals surface area contributed by atoms with Crippen molar-refractivity contribution < 1.29 is 5.11 Å². The van der Waals surface area contributed by atoms with Crippen molar-refractivity contribution in [2.75, 3.05) is 18.5 Å². The largest absolute Gasteiger partial charge is 0.396 e. The van der Waals surface area contributed by atoms with Gasteiger partial charge in [-0.25, -0.2) is 4.98 Å². The van der Waals surface area contributed by atoms with Crippen LogP contribution >= 0.6 is 15.9 Å². The van der Waals surface area contributed by atoms with Gasteiger partial charge < -0.3 is 10.4 Å². The molecule has 1 rings (SSSR count). The number of pyridine rings is 1. The number of aromatic nitrogens is 1. The van der Waals surface area contributed by atoms with E-state index in [1.165, 1.54) is 0 Å². The standard InChI is InChI=1S/C12H19BrN2O/c1-3-12(4-2,9-16)8-15-10-6-5-7-14-11(10)13/h5-7,15-16H,3-4,8-9H2,1-2H3. The van der Waals surface area contributed by atoms with Crippen molar-refractivity contribution in [3.05, 3.63) is 22.9 Å². The molecule has 0 saturated heterocycles. The molecule has 0 radical (unpaired) electrons. The molecule has 0 saturated carbocycles. The molecule has 0 atom stereocenters. The van der Waals surface area contributed by atoms with Gasteiger partial charge in [0.25, 0.3) is 0 Å². The number of nitrogens with zero attached hydrogens (tertiary/aromatic N) is 1. The van der Waals surface area contributed by atoms with E-state index in [1.54, 1.807) is 6.20 Å². The van der Waals surface area contributed by atoms with Crippen LogP contribution in [0.15, 0.2) is 22.9 Å². The van der Waals surface area contributed by atoms with E-state index in [4.69, 9.17) is 0 Å². The lowest BCUT2D eigenvalue weighted by Crippen LogP contribution is -2.32. The quantitative estimate of drug-likeness (QED) is 0.790. The van der Waals surface area contributed by atoms with Gasteiger partial charge in [0.15, 0.2) is 0 Å². The maximum atomic E-state index is 9.46. The first kappa shape index (κ1) is 13.5. The smallest absolute Gasteiger partial charge is 0.129 e. The second-order valence-corrected chi connectivity index (χ2v) is 4.81. The third kappa shape index (κ3) is 3.19. The van der Waals surface area contributed by atoms with Crippen molar-refractivity contribution in [1.82, 2.24) is 4.98 Å². The van der Waals surface area contributed by atoms with Crippen molar-refractivity contribution in [1.29, 1.82) is 0 Å². The maximum absolute atomic E-state index is 9.46. The first-order valence-corrected chi connectivity index (χ1v) is 6.42. The number of rotatable bonds is 6. The highest BCUT2D eigenvalue weighted by Crippen LogP contribution is 2.27. The van der Waals surface area contributed by atoms with Crippen molar-refractivity contribution in [2.45, 2.75) is 26.7 Å². The Bertz CT molecular complexity index is 318. The number of hydrogen-bond acceptors (Lipinski definition) is 3. The maximum Gasteiger partial charge on any atom is 0.129 e. The first-order valence-electron chi connectivity index (χ1n) is 5.62. The molecule has 0 amide bonds. The molecule has 4 heteroatoms. The van der Waals surface area contributed by atoms with Crippen molar-refractivity contribution >= 4 is 21.6 Å². The van der Waals surface area contributed by atoms with Crippen LogP contribution in [0.2, 0.25) is 0 Å². The second kappa shape index (κ2) is 6.21. The molecule has 0 aliphatic rings. The van der Waals surface area contributed by atoms with Crippen molar-refractivity contribution in [2.24, 2.45) is 5.41 Å². The molecule has 1 aromatic heterocycles. The lowest BCUT2D eigenvalue weighted by molar-refractivity contribution is 0.127. The molecule has 2 N–H and O–H groups in total. The van der Waals surface area contributed by atoms with Crippen LogP contribution in [0.1, 0.15) is 26.7 Å².